The van der Waals surface area contributed by atoms with Crippen molar-refractivity contribution in [2.45, 2.75) is 11.4 Å². The topological polar surface area (TPSA) is 126 Å². The fourth-order valence-corrected chi connectivity index (χ4v) is 3.25. The molecule has 0 aliphatic carbocycles. The zero-order chi connectivity index (χ0) is 17.2. The van der Waals surface area contributed by atoms with E-state index in [1.165, 1.54) is 12.1 Å². The van der Waals surface area contributed by atoms with E-state index in [-0.39, 0.29) is 16.6 Å². The number of pyridine rings is 1. The fraction of sp³-hybridized carbons (Fsp3) is 0.0714. The largest absolute Gasteiger partial charge is 0.376 e. The van der Waals surface area contributed by atoms with Gasteiger partial charge in [0, 0.05) is 11.6 Å². The third-order valence-electron chi connectivity index (χ3n) is 3.26. The number of hydrogen-bond acceptors (Lipinski definition) is 5. The van der Waals surface area contributed by atoms with Crippen LogP contribution in [0.15, 0.2) is 47.5 Å². The van der Waals surface area contributed by atoms with Crippen LogP contribution in [0.3, 0.4) is 0 Å². The molecule has 0 atom stereocenters. The van der Waals surface area contributed by atoms with Crippen molar-refractivity contribution in [2.24, 2.45) is 5.73 Å². The molecule has 3 aromatic rings. The Morgan fingerprint density at radius 3 is 2.83 bits per heavy atom. The van der Waals surface area contributed by atoms with Crippen molar-refractivity contribution in [3.8, 4) is 0 Å². The van der Waals surface area contributed by atoms with E-state index < -0.39 is 10.0 Å². The summed E-state index contributed by atoms with van der Waals surface area (Å²) in [5, 5.41) is 10.1. The number of H-pyrrole nitrogens is 1. The predicted molar refractivity (Wildman–Crippen MR) is 94.8 cm³/mol. The Morgan fingerprint density at radius 1 is 1.29 bits per heavy atom. The molecule has 124 valence electrons. The summed E-state index contributed by atoms with van der Waals surface area (Å²) in [6.07, 6.45) is 1.61. The van der Waals surface area contributed by atoms with Crippen LogP contribution in [0.2, 0.25) is 0 Å². The maximum atomic E-state index is 12.5. The van der Waals surface area contributed by atoms with Gasteiger partial charge in [-0.3, -0.25) is 10.1 Å². The minimum absolute atomic E-state index is 0.0462. The van der Waals surface area contributed by atoms with Crippen LogP contribution in [-0.4, -0.2) is 28.7 Å². The number of aromatic nitrogens is 3. The first-order chi connectivity index (χ1) is 11.5. The highest BCUT2D eigenvalue weighted by atomic mass is 32.2. The Bertz CT molecular complexity index is 985. The average molecular weight is 362 g/mol. The minimum atomic E-state index is -3.70. The standard InChI is InChI=1S/C14H14N6O2S2/c15-14(23)18-13-11-7-10(4-5-12(11)19-20-13)24(21,22)17-8-9-3-1-2-6-16-9/h1-7,17H,8H2,(H4,15,18,19,20,23). The molecule has 24 heavy (non-hydrogen) atoms. The Kier molecular flexibility index (Phi) is 4.42. The SMILES string of the molecule is NC(=S)Nc1n[nH]c2ccc(S(=O)(=O)NCc3ccccn3)cc12. The second kappa shape index (κ2) is 6.51. The van der Waals surface area contributed by atoms with Gasteiger partial charge in [0.05, 0.1) is 22.7 Å². The smallest absolute Gasteiger partial charge is 0.240 e. The summed E-state index contributed by atoms with van der Waals surface area (Å²) in [4.78, 5) is 4.19. The van der Waals surface area contributed by atoms with Crippen molar-refractivity contribution < 1.29 is 8.42 Å². The highest BCUT2D eigenvalue weighted by Crippen LogP contribution is 2.23. The van der Waals surface area contributed by atoms with Gasteiger partial charge in [-0.25, -0.2) is 13.1 Å². The van der Waals surface area contributed by atoms with Gasteiger partial charge >= 0.3 is 0 Å². The maximum Gasteiger partial charge on any atom is 0.240 e. The first-order valence-electron chi connectivity index (χ1n) is 6.90. The summed E-state index contributed by atoms with van der Waals surface area (Å²) in [6, 6.07) is 9.92. The highest BCUT2D eigenvalue weighted by Gasteiger charge is 2.16. The molecule has 0 aliphatic heterocycles. The predicted octanol–water partition coefficient (Wildman–Crippen LogP) is 1.09. The van der Waals surface area contributed by atoms with E-state index in [4.69, 9.17) is 18.0 Å². The number of anilines is 1. The molecular formula is C14H14N6O2S2. The number of hydrogen-bond donors (Lipinski definition) is 4. The molecule has 5 N–H and O–H groups in total. The number of thiocarbonyl (C=S) groups is 1. The van der Waals surface area contributed by atoms with Crippen molar-refractivity contribution in [1.29, 1.82) is 0 Å². The molecule has 2 aromatic heterocycles. The number of sulfonamides is 1. The third-order valence-corrected chi connectivity index (χ3v) is 4.76. The van der Waals surface area contributed by atoms with E-state index in [2.05, 4.69) is 25.2 Å². The van der Waals surface area contributed by atoms with Gasteiger partial charge < -0.3 is 11.1 Å². The van der Waals surface area contributed by atoms with Crippen LogP contribution in [0.25, 0.3) is 10.9 Å². The summed E-state index contributed by atoms with van der Waals surface area (Å²) < 4.78 is 27.4. The number of nitrogens with zero attached hydrogens (tertiary/aromatic N) is 2. The van der Waals surface area contributed by atoms with Crippen molar-refractivity contribution in [2.75, 3.05) is 5.32 Å². The minimum Gasteiger partial charge on any atom is -0.376 e. The molecule has 0 spiro atoms. The van der Waals surface area contributed by atoms with Crippen LogP contribution >= 0.6 is 12.2 Å². The van der Waals surface area contributed by atoms with Gasteiger partial charge in [0.15, 0.2) is 10.9 Å². The maximum absolute atomic E-state index is 12.5. The van der Waals surface area contributed by atoms with E-state index in [9.17, 15) is 8.42 Å². The molecule has 0 saturated heterocycles. The fourth-order valence-electron chi connectivity index (χ4n) is 2.13. The number of fused-ring (bicyclic) bond motifs is 1. The molecule has 2 heterocycles. The molecular weight excluding hydrogens is 348 g/mol. The third kappa shape index (κ3) is 3.50. The Labute approximate surface area is 143 Å². The van der Waals surface area contributed by atoms with Crippen molar-refractivity contribution >= 4 is 44.1 Å². The van der Waals surface area contributed by atoms with Crippen LogP contribution in [-0.2, 0) is 16.6 Å². The number of nitrogens with one attached hydrogen (secondary N) is 3. The molecule has 0 aliphatic rings. The number of benzene rings is 1. The molecule has 8 nitrogen and oxygen atoms in total. The van der Waals surface area contributed by atoms with Crippen LogP contribution in [0.4, 0.5) is 5.82 Å². The molecule has 0 fully saturated rings. The molecule has 0 bridgehead atoms. The quantitative estimate of drug-likeness (QED) is 0.501. The second-order valence-electron chi connectivity index (χ2n) is 4.91. The Morgan fingerprint density at radius 2 is 2.12 bits per heavy atom. The lowest BCUT2D eigenvalue weighted by Crippen LogP contribution is -2.23. The first-order valence-corrected chi connectivity index (χ1v) is 8.79. The van der Waals surface area contributed by atoms with Crippen molar-refractivity contribution in [3.63, 3.8) is 0 Å². The summed E-state index contributed by atoms with van der Waals surface area (Å²) in [5.41, 5.74) is 6.73. The molecule has 1 aromatic carbocycles. The second-order valence-corrected chi connectivity index (χ2v) is 7.12. The van der Waals surface area contributed by atoms with Gasteiger partial charge in [-0.15, -0.1) is 0 Å². The highest BCUT2D eigenvalue weighted by molar-refractivity contribution is 7.89. The van der Waals surface area contributed by atoms with E-state index in [1.807, 2.05) is 0 Å². The van der Waals surface area contributed by atoms with E-state index in [0.717, 1.165) is 0 Å². The molecule has 0 amide bonds. The van der Waals surface area contributed by atoms with Crippen molar-refractivity contribution in [3.05, 3.63) is 48.3 Å². The summed E-state index contributed by atoms with van der Waals surface area (Å²) >= 11 is 4.78. The van der Waals surface area contributed by atoms with Gasteiger partial charge in [0.2, 0.25) is 10.0 Å². The Balaban J connectivity index is 1.88. The zero-order valence-electron chi connectivity index (χ0n) is 12.4. The monoisotopic (exact) mass is 362 g/mol. The number of rotatable bonds is 5. The first kappa shape index (κ1) is 16.3. The summed E-state index contributed by atoms with van der Waals surface area (Å²) in [5.74, 6) is 0.374. The van der Waals surface area contributed by atoms with Gasteiger partial charge in [-0.2, -0.15) is 5.10 Å². The van der Waals surface area contributed by atoms with Gasteiger partial charge in [-0.05, 0) is 42.5 Å². The van der Waals surface area contributed by atoms with Crippen LogP contribution in [0, 0.1) is 0 Å². The molecule has 10 heteroatoms. The van der Waals surface area contributed by atoms with Crippen LogP contribution < -0.4 is 15.8 Å². The van der Waals surface area contributed by atoms with Crippen LogP contribution in [0.5, 0.6) is 0 Å². The summed E-state index contributed by atoms with van der Waals surface area (Å²) in [6.45, 7) is 0.102. The molecule has 0 saturated carbocycles. The molecule has 3 rings (SSSR count). The van der Waals surface area contributed by atoms with Gasteiger partial charge in [0.25, 0.3) is 0 Å². The number of nitrogens with two attached hydrogens (primary N) is 1. The van der Waals surface area contributed by atoms with E-state index in [1.54, 1.807) is 30.5 Å². The van der Waals surface area contributed by atoms with Gasteiger partial charge in [0.1, 0.15) is 0 Å². The molecule has 0 radical (unpaired) electrons. The normalized spacial score (nSPS) is 11.5. The average Bonchev–Trinajstić information content (AvgIpc) is 2.96. The van der Waals surface area contributed by atoms with Crippen molar-refractivity contribution in [1.82, 2.24) is 19.9 Å². The van der Waals surface area contributed by atoms with E-state index in [0.29, 0.717) is 22.4 Å². The lowest BCUT2D eigenvalue weighted by molar-refractivity contribution is 0.580. The zero-order valence-corrected chi connectivity index (χ0v) is 14.0. The Hall–Kier alpha value is -2.56. The number of aromatic amines is 1. The lowest BCUT2D eigenvalue weighted by atomic mass is 10.2. The lowest BCUT2D eigenvalue weighted by Gasteiger charge is -2.07. The molecule has 0 unspecified atom stereocenters. The van der Waals surface area contributed by atoms with E-state index >= 15 is 0 Å². The van der Waals surface area contributed by atoms with Gasteiger partial charge in [-0.1, -0.05) is 6.07 Å². The van der Waals surface area contributed by atoms with Crippen LogP contribution in [0.1, 0.15) is 5.69 Å². The summed E-state index contributed by atoms with van der Waals surface area (Å²) in [7, 11) is -3.70.